The van der Waals surface area contributed by atoms with Gasteiger partial charge in [0, 0.05) is 44.3 Å². The maximum absolute atomic E-state index is 13.4. The average molecular weight is 472 g/mol. The van der Waals surface area contributed by atoms with E-state index in [1.54, 1.807) is 29.2 Å². The Morgan fingerprint density at radius 3 is 2.79 bits per heavy atom. The second-order valence-electron chi connectivity index (χ2n) is 9.49. The number of carbonyl (C=O) groups excluding carboxylic acids is 2. The van der Waals surface area contributed by atoms with Crippen molar-refractivity contribution in [3.05, 3.63) is 23.4 Å². The third-order valence-electron chi connectivity index (χ3n) is 6.75. The van der Waals surface area contributed by atoms with E-state index < -0.39 is 0 Å². The van der Waals surface area contributed by atoms with Gasteiger partial charge in [0.05, 0.1) is 19.2 Å². The molecule has 186 valence electrons. The van der Waals surface area contributed by atoms with Crippen molar-refractivity contribution in [1.29, 1.82) is 0 Å². The lowest BCUT2D eigenvalue weighted by Crippen LogP contribution is -2.51. The van der Waals surface area contributed by atoms with E-state index in [0.717, 1.165) is 25.7 Å². The van der Waals surface area contributed by atoms with E-state index >= 15 is 0 Å². The zero-order valence-corrected chi connectivity index (χ0v) is 20.7. The molecule has 0 unspecified atom stereocenters. The molecule has 3 rings (SSSR count). The SMILES string of the molecule is COCC#Cc1cnc2c(c1)C(=O)N([C@@H](C)CO)C[C@H](C)[C@@H](CN(C)C(=O)C1CCCCC1)O2. The fraction of sp³-hybridized carbons (Fsp3) is 0.654. The van der Waals surface area contributed by atoms with Crippen molar-refractivity contribution in [3.63, 3.8) is 0 Å². The first-order valence-electron chi connectivity index (χ1n) is 12.2. The number of rotatable bonds is 6. The van der Waals surface area contributed by atoms with E-state index in [1.165, 1.54) is 6.42 Å². The lowest BCUT2D eigenvalue weighted by atomic mass is 9.88. The normalized spacial score (nSPS) is 21.9. The molecule has 0 radical (unpaired) electrons. The number of hydrogen-bond acceptors (Lipinski definition) is 6. The second kappa shape index (κ2) is 12.2. The first-order valence-corrected chi connectivity index (χ1v) is 12.2. The maximum atomic E-state index is 13.4. The highest BCUT2D eigenvalue weighted by atomic mass is 16.5. The molecule has 0 bridgehead atoms. The molecule has 8 heteroatoms. The molecule has 1 saturated carbocycles. The Morgan fingerprint density at radius 1 is 1.38 bits per heavy atom. The standard InChI is InChI=1S/C26H37N3O5/c1-18-15-29(19(2)17-30)26(32)22-13-20(9-8-12-33-4)14-27-24(22)34-23(18)16-28(3)25(31)21-10-6-5-7-11-21/h13-14,18-19,21,23,30H,5-7,10-12,15-17H2,1-4H3/t18-,19-,23+/m0/s1. The summed E-state index contributed by atoms with van der Waals surface area (Å²) in [6.07, 6.45) is 6.51. The summed E-state index contributed by atoms with van der Waals surface area (Å²) in [4.78, 5) is 34.3. The van der Waals surface area contributed by atoms with Crippen LogP contribution in [0.4, 0.5) is 0 Å². The van der Waals surface area contributed by atoms with Crippen LogP contribution in [0.3, 0.4) is 0 Å². The zero-order chi connectivity index (χ0) is 24.7. The number of nitrogens with zero attached hydrogens (tertiary/aromatic N) is 3. The van der Waals surface area contributed by atoms with Gasteiger partial charge in [0.2, 0.25) is 11.8 Å². The van der Waals surface area contributed by atoms with Gasteiger partial charge in [-0.3, -0.25) is 9.59 Å². The number of aliphatic hydroxyl groups excluding tert-OH is 1. The highest BCUT2D eigenvalue weighted by molar-refractivity contribution is 5.97. The summed E-state index contributed by atoms with van der Waals surface area (Å²) in [6.45, 7) is 4.74. The molecular formula is C26H37N3O5. The maximum Gasteiger partial charge on any atom is 0.259 e. The van der Waals surface area contributed by atoms with Crippen molar-refractivity contribution in [3.8, 4) is 17.7 Å². The number of aromatic nitrogens is 1. The summed E-state index contributed by atoms with van der Waals surface area (Å²) in [5, 5.41) is 9.80. The first-order chi connectivity index (χ1) is 16.3. The van der Waals surface area contributed by atoms with E-state index in [2.05, 4.69) is 16.8 Å². The van der Waals surface area contributed by atoms with Crippen molar-refractivity contribution in [2.24, 2.45) is 11.8 Å². The van der Waals surface area contributed by atoms with Gasteiger partial charge in [0.15, 0.2) is 0 Å². The Morgan fingerprint density at radius 2 is 2.12 bits per heavy atom. The summed E-state index contributed by atoms with van der Waals surface area (Å²) < 4.78 is 11.3. The molecule has 0 saturated heterocycles. The molecule has 1 N–H and O–H groups in total. The van der Waals surface area contributed by atoms with Crippen molar-refractivity contribution >= 4 is 11.8 Å². The van der Waals surface area contributed by atoms with Gasteiger partial charge in [-0.05, 0) is 25.8 Å². The number of amides is 2. The van der Waals surface area contributed by atoms with Crippen LogP contribution in [0.15, 0.2) is 12.3 Å². The van der Waals surface area contributed by atoms with E-state index in [9.17, 15) is 14.7 Å². The first kappa shape index (κ1) is 26.0. The quantitative estimate of drug-likeness (QED) is 0.641. The second-order valence-corrected chi connectivity index (χ2v) is 9.49. The Hall–Kier alpha value is -2.63. The molecule has 0 aromatic carbocycles. The van der Waals surface area contributed by atoms with Crippen LogP contribution in [0.25, 0.3) is 0 Å². The number of hydrogen-bond donors (Lipinski definition) is 1. The predicted octanol–water partition coefficient (Wildman–Crippen LogP) is 2.34. The Balaban J connectivity index is 1.88. The third-order valence-corrected chi connectivity index (χ3v) is 6.75. The Kier molecular flexibility index (Phi) is 9.31. The van der Waals surface area contributed by atoms with Crippen molar-refractivity contribution < 1.29 is 24.2 Å². The summed E-state index contributed by atoms with van der Waals surface area (Å²) in [6, 6.07) is 1.31. The summed E-state index contributed by atoms with van der Waals surface area (Å²) in [7, 11) is 3.39. The third kappa shape index (κ3) is 6.28. The van der Waals surface area contributed by atoms with Crippen LogP contribution in [-0.4, -0.2) is 84.3 Å². The van der Waals surface area contributed by atoms with E-state index in [4.69, 9.17) is 9.47 Å². The van der Waals surface area contributed by atoms with Crippen LogP contribution in [0, 0.1) is 23.7 Å². The number of carbonyl (C=O) groups is 2. The number of aliphatic hydroxyl groups is 1. The molecule has 1 aromatic rings. The molecule has 1 aliphatic heterocycles. The van der Waals surface area contributed by atoms with Crippen LogP contribution in [-0.2, 0) is 9.53 Å². The number of fused-ring (bicyclic) bond motifs is 1. The van der Waals surface area contributed by atoms with Gasteiger partial charge in [-0.1, -0.05) is 38.0 Å². The molecule has 1 fully saturated rings. The van der Waals surface area contributed by atoms with Gasteiger partial charge in [-0.25, -0.2) is 4.98 Å². The van der Waals surface area contributed by atoms with Crippen LogP contribution in [0.2, 0.25) is 0 Å². The molecule has 3 atom stereocenters. The monoisotopic (exact) mass is 471 g/mol. The van der Waals surface area contributed by atoms with Crippen molar-refractivity contribution in [2.45, 2.75) is 58.1 Å². The molecular weight excluding hydrogens is 434 g/mol. The lowest BCUT2D eigenvalue weighted by molar-refractivity contribution is -0.136. The van der Waals surface area contributed by atoms with Crippen LogP contribution in [0.5, 0.6) is 5.88 Å². The Labute approximate surface area is 202 Å². The number of ether oxygens (including phenoxy) is 2. The van der Waals surface area contributed by atoms with Gasteiger partial charge in [0.1, 0.15) is 18.3 Å². The van der Waals surface area contributed by atoms with Gasteiger partial charge in [0.25, 0.3) is 5.91 Å². The molecule has 2 aliphatic rings. The average Bonchev–Trinajstić information content (AvgIpc) is 2.86. The van der Waals surface area contributed by atoms with E-state index in [-0.39, 0.29) is 54.9 Å². The minimum Gasteiger partial charge on any atom is -0.472 e. The van der Waals surface area contributed by atoms with Crippen molar-refractivity contribution in [2.75, 3.05) is 40.5 Å². The Bertz CT molecular complexity index is 919. The zero-order valence-electron chi connectivity index (χ0n) is 20.7. The minimum atomic E-state index is -0.369. The number of likely N-dealkylation sites (N-methyl/N-ethyl adjacent to an activating group) is 1. The topological polar surface area (TPSA) is 92.2 Å². The van der Waals surface area contributed by atoms with Crippen LogP contribution in [0.1, 0.15) is 61.9 Å². The molecule has 1 aromatic heterocycles. The van der Waals surface area contributed by atoms with Gasteiger partial charge in [-0.15, -0.1) is 0 Å². The summed E-state index contributed by atoms with van der Waals surface area (Å²) in [5.74, 6) is 5.96. The predicted molar refractivity (Wildman–Crippen MR) is 128 cm³/mol. The number of methoxy groups -OCH3 is 1. The molecule has 8 nitrogen and oxygen atoms in total. The minimum absolute atomic E-state index is 0.0734. The lowest BCUT2D eigenvalue weighted by Gasteiger charge is -2.38. The summed E-state index contributed by atoms with van der Waals surface area (Å²) >= 11 is 0. The van der Waals surface area contributed by atoms with Crippen LogP contribution >= 0.6 is 0 Å². The van der Waals surface area contributed by atoms with Gasteiger partial charge >= 0.3 is 0 Å². The molecule has 1 aliphatic carbocycles. The van der Waals surface area contributed by atoms with E-state index in [1.807, 2.05) is 20.9 Å². The summed E-state index contributed by atoms with van der Waals surface area (Å²) in [5.41, 5.74) is 0.891. The van der Waals surface area contributed by atoms with Gasteiger partial charge in [-0.2, -0.15) is 0 Å². The highest BCUT2D eigenvalue weighted by Gasteiger charge is 2.35. The molecule has 2 heterocycles. The largest absolute Gasteiger partial charge is 0.472 e. The smallest absolute Gasteiger partial charge is 0.259 e. The molecule has 0 spiro atoms. The van der Waals surface area contributed by atoms with E-state index in [0.29, 0.717) is 24.2 Å². The van der Waals surface area contributed by atoms with Gasteiger partial charge < -0.3 is 24.4 Å². The number of pyridine rings is 1. The fourth-order valence-corrected chi connectivity index (χ4v) is 4.62. The molecule has 2 amide bonds. The fourth-order valence-electron chi connectivity index (χ4n) is 4.62. The van der Waals surface area contributed by atoms with Crippen molar-refractivity contribution in [1.82, 2.24) is 14.8 Å². The van der Waals surface area contributed by atoms with Crippen LogP contribution < -0.4 is 4.74 Å². The molecule has 34 heavy (non-hydrogen) atoms. The highest BCUT2D eigenvalue weighted by Crippen LogP contribution is 2.29.